The summed E-state index contributed by atoms with van der Waals surface area (Å²) in [7, 11) is 0. The normalized spacial score (nSPS) is 13.5. The lowest BCUT2D eigenvalue weighted by Gasteiger charge is -2.12. The maximum atomic E-state index is 12.6. The zero-order valence-electron chi connectivity index (χ0n) is 19.0. The van der Waals surface area contributed by atoms with Crippen LogP contribution in [0.3, 0.4) is 0 Å². The number of unbranched alkanes of at least 4 members (excludes halogenated alkanes) is 2. The van der Waals surface area contributed by atoms with Crippen LogP contribution in [-0.2, 0) is 25.6 Å². The van der Waals surface area contributed by atoms with Gasteiger partial charge in [-0.15, -0.1) is 16.4 Å². The summed E-state index contributed by atoms with van der Waals surface area (Å²) in [6.07, 6.45) is 1.94. The van der Waals surface area contributed by atoms with Crippen LogP contribution in [0, 0.1) is 0 Å². The molecule has 1 aliphatic rings. The number of fused-ring (bicyclic) bond motifs is 1. The second kappa shape index (κ2) is 10.9. The number of carbonyl (C=O) groups is 4. The van der Waals surface area contributed by atoms with Crippen molar-refractivity contribution in [3.05, 3.63) is 49.1 Å². The number of hydroxylamine groups is 2. The number of phenols is 1. The Bertz CT molecular complexity index is 1480. The summed E-state index contributed by atoms with van der Waals surface area (Å²) in [5.74, 6) is -3.34. The number of phenolic OH excluding ortho intramolecular Hbond substituents is 1. The highest BCUT2D eigenvalue weighted by atomic mass is 35.5. The Kier molecular flexibility index (Phi) is 7.86. The highest BCUT2D eigenvalue weighted by Crippen LogP contribution is 2.39. The minimum atomic E-state index is -1.15. The molecule has 1 fully saturated rings. The summed E-state index contributed by atoms with van der Waals surface area (Å²) in [6, 6.07) is 4.25. The molecule has 0 saturated carbocycles. The number of carbonyl (C=O) groups excluding carboxylic acids is 3. The molecule has 10 nitrogen and oxygen atoms in total. The summed E-state index contributed by atoms with van der Waals surface area (Å²) >= 11 is 13.1. The molecule has 194 valence electrons. The van der Waals surface area contributed by atoms with E-state index in [9.17, 15) is 34.2 Å². The van der Waals surface area contributed by atoms with Gasteiger partial charge in [-0.05, 0) is 37.5 Å². The van der Waals surface area contributed by atoms with Gasteiger partial charge in [-0.25, -0.2) is 14.4 Å². The molecule has 3 heterocycles. The second-order valence-electron chi connectivity index (χ2n) is 8.25. The first-order chi connectivity index (χ1) is 17.6. The van der Waals surface area contributed by atoms with Gasteiger partial charge in [0, 0.05) is 34.4 Å². The quantitative estimate of drug-likeness (QED) is 0.208. The molecule has 2 amide bonds. The molecule has 1 aliphatic heterocycles. The number of nitrogens with zero attached hydrogens (tertiary/aromatic N) is 1. The minimum Gasteiger partial charge on any atom is -0.505 e. The lowest BCUT2D eigenvalue weighted by atomic mass is 10.1. The Morgan fingerprint density at radius 3 is 2.43 bits per heavy atom. The standard InChI is InChI=1S/C24H19Cl2NO9S/c25-14-9-11-8-13(24(34)35-22(11)20(26)21(14)31)16-10-12(23(32)33)15(37-16)4-2-1-3-5-19(30)36-27-17(28)6-7-18(27)29/h8-10,31H,1-7H2,(H,32,33). The number of aromatic carboxylic acids is 1. The number of carboxylic acid groups (broad SMARTS) is 1. The van der Waals surface area contributed by atoms with Crippen LogP contribution in [0.1, 0.15) is 53.8 Å². The van der Waals surface area contributed by atoms with Crippen LogP contribution in [-0.4, -0.2) is 39.0 Å². The number of aryl methyl sites for hydroxylation is 1. The van der Waals surface area contributed by atoms with Gasteiger partial charge in [0.25, 0.3) is 11.8 Å². The van der Waals surface area contributed by atoms with E-state index in [2.05, 4.69) is 0 Å². The second-order valence-corrected chi connectivity index (χ2v) is 10.2. The molecular formula is C24H19Cl2NO9S. The van der Waals surface area contributed by atoms with Gasteiger partial charge in [0.1, 0.15) is 5.02 Å². The maximum absolute atomic E-state index is 12.6. The molecule has 0 unspecified atom stereocenters. The average Bonchev–Trinajstić information content (AvgIpc) is 3.41. The van der Waals surface area contributed by atoms with Crippen molar-refractivity contribution in [2.24, 2.45) is 0 Å². The highest BCUT2D eigenvalue weighted by Gasteiger charge is 2.32. The van der Waals surface area contributed by atoms with E-state index in [0.717, 1.165) is 11.3 Å². The molecule has 4 rings (SSSR count). The van der Waals surface area contributed by atoms with Gasteiger partial charge in [0.15, 0.2) is 11.3 Å². The van der Waals surface area contributed by atoms with Crippen LogP contribution in [0.15, 0.2) is 27.4 Å². The molecule has 1 saturated heterocycles. The SMILES string of the molecule is O=C(CCCCCc1sc(-c2cc3cc(Cl)c(O)c(Cl)c3oc2=O)cc1C(=O)O)ON1C(=O)CCC1=O. The number of hydrogen-bond acceptors (Lipinski definition) is 9. The Hall–Kier alpha value is -3.41. The van der Waals surface area contributed by atoms with Crippen molar-refractivity contribution < 1.29 is 38.6 Å². The van der Waals surface area contributed by atoms with Crippen LogP contribution >= 0.6 is 34.5 Å². The number of amides is 2. The third-order valence-corrected chi connectivity index (χ3v) is 7.55. The van der Waals surface area contributed by atoms with E-state index in [1.807, 2.05) is 0 Å². The number of rotatable bonds is 9. The molecule has 0 bridgehead atoms. The maximum Gasteiger partial charge on any atom is 0.345 e. The zero-order chi connectivity index (χ0) is 26.9. The molecular weight excluding hydrogens is 549 g/mol. The number of aromatic hydroxyl groups is 1. The predicted molar refractivity (Wildman–Crippen MR) is 134 cm³/mol. The summed E-state index contributed by atoms with van der Waals surface area (Å²) in [5.41, 5.74) is -0.622. The van der Waals surface area contributed by atoms with E-state index in [1.54, 1.807) is 0 Å². The van der Waals surface area contributed by atoms with E-state index < -0.39 is 35.1 Å². The Labute approximate surface area is 222 Å². The van der Waals surface area contributed by atoms with Crippen LogP contribution in [0.5, 0.6) is 5.75 Å². The van der Waals surface area contributed by atoms with Gasteiger partial charge in [-0.2, -0.15) is 0 Å². The number of hydrogen-bond donors (Lipinski definition) is 2. The van der Waals surface area contributed by atoms with E-state index in [-0.39, 0.29) is 46.0 Å². The fraction of sp³-hybridized carbons (Fsp3) is 0.292. The Balaban J connectivity index is 1.43. The Morgan fingerprint density at radius 1 is 1.05 bits per heavy atom. The molecule has 3 aromatic rings. The van der Waals surface area contributed by atoms with Gasteiger partial charge >= 0.3 is 17.6 Å². The third kappa shape index (κ3) is 5.63. The number of benzene rings is 1. The number of thiophene rings is 1. The minimum absolute atomic E-state index is 0.00263. The number of imide groups is 1. The fourth-order valence-electron chi connectivity index (χ4n) is 3.82. The molecule has 37 heavy (non-hydrogen) atoms. The van der Waals surface area contributed by atoms with Crippen molar-refractivity contribution >= 4 is 69.3 Å². The Morgan fingerprint density at radius 2 is 1.76 bits per heavy atom. The molecule has 0 atom stereocenters. The zero-order valence-corrected chi connectivity index (χ0v) is 21.4. The average molecular weight is 568 g/mol. The van der Waals surface area contributed by atoms with Crippen molar-refractivity contribution in [3.8, 4) is 16.2 Å². The van der Waals surface area contributed by atoms with E-state index >= 15 is 0 Å². The monoisotopic (exact) mass is 567 g/mol. The van der Waals surface area contributed by atoms with Crippen LogP contribution < -0.4 is 5.63 Å². The topological polar surface area (TPSA) is 151 Å². The molecule has 0 radical (unpaired) electrons. The summed E-state index contributed by atoms with van der Waals surface area (Å²) < 4.78 is 5.28. The van der Waals surface area contributed by atoms with Crippen molar-refractivity contribution in [2.75, 3.05) is 0 Å². The van der Waals surface area contributed by atoms with E-state index in [4.69, 9.17) is 32.5 Å². The van der Waals surface area contributed by atoms with E-state index in [0.29, 0.717) is 45.9 Å². The molecule has 0 spiro atoms. The van der Waals surface area contributed by atoms with Gasteiger partial charge in [0.05, 0.1) is 16.1 Å². The van der Waals surface area contributed by atoms with Crippen LogP contribution in [0.4, 0.5) is 0 Å². The summed E-state index contributed by atoms with van der Waals surface area (Å²) in [5, 5.41) is 20.2. The predicted octanol–water partition coefficient (Wildman–Crippen LogP) is 4.94. The molecule has 13 heteroatoms. The third-order valence-electron chi connectivity index (χ3n) is 5.68. The largest absolute Gasteiger partial charge is 0.505 e. The molecule has 2 N–H and O–H groups in total. The van der Waals surface area contributed by atoms with E-state index in [1.165, 1.54) is 18.2 Å². The van der Waals surface area contributed by atoms with Crippen LogP contribution in [0.25, 0.3) is 21.4 Å². The van der Waals surface area contributed by atoms with Crippen molar-refractivity contribution in [2.45, 2.75) is 44.9 Å². The lowest BCUT2D eigenvalue weighted by Crippen LogP contribution is -2.31. The summed E-state index contributed by atoms with van der Waals surface area (Å²) in [6.45, 7) is 0. The molecule has 1 aromatic carbocycles. The van der Waals surface area contributed by atoms with Gasteiger partial charge in [-0.1, -0.05) is 29.6 Å². The number of carboxylic acids is 1. The van der Waals surface area contributed by atoms with Gasteiger partial charge < -0.3 is 19.5 Å². The molecule has 0 aliphatic carbocycles. The fourth-order valence-corrected chi connectivity index (χ4v) is 5.53. The van der Waals surface area contributed by atoms with Crippen molar-refractivity contribution in [1.29, 1.82) is 0 Å². The first-order valence-electron chi connectivity index (χ1n) is 11.1. The van der Waals surface area contributed by atoms with Crippen molar-refractivity contribution in [1.82, 2.24) is 5.06 Å². The van der Waals surface area contributed by atoms with Crippen LogP contribution in [0.2, 0.25) is 10.0 Å². The highest BCUT2D eigenvalue weighted by molar-refractivity contribution is 7.15. The van der Waals surface area contributed by atoms with Crippen molar-refractivity contribution in [3.63, 3.8) is 0 Å². The molecule has 2 aromatic heterocycles. The smallest absolute Gasteiger partial charge is 0.345 e. The van der Waals surface area contributed by atoms with Gasteiger partial charge in [0.2, 0.25) is 0 Å². The van der Waals surface area contributed by atoms with Gasteiger partial charge in [-0.3, -0.25) is 9.59 Å². The summed E-state index contributed by atoms with van der Waals surface area (Å²) in [4.78, 5) is 65.1. The lowest BCUT2D eigenvalue weighted by molar-refractivity contribution is -0.197. The first-order valence-corrected chi connectivity index (χ1v) is 12.7. The number of halogens is 2. The first kappa shape index (κ1) is 26.6.